The number of benzene rings is 1. The number of aliphatic hydroxyl groups is 1. The van der Waals surface area contributed by atoms with Crippen LogP contribution in [0.4, 0.5) is 0 Å². The van der Waals surface area contributed by atoms with Crippen molar-refractivity contribution in [3.05, 3.63) is 52.3 Å². The lowest BCUT2D eigenvalue weighted by Crippen LogP contribution is -2.23. The topological polar surface area (TPSA) is 78.9 Å². The van der Waals surface area contributed by atoms with Crippen molar-refractivity contribution in [3.63, 3.8) is 0 Å². The van der Waals surface area contributed by atoms with Gasteiger partial charge >= 0.3 is 0 Å². The minimum atomic E-state index is -0.260. The van der Waals surface area contributed by atoms with Crippen LogP contribution in [0.2, 0.25) is 0 Å². The summed E-state index contributed by atoms with van der Waals surface area (Å²) in [6.45, 7) is 0.0131. The minimum Gasteiger partial charge on any atom is -0.394 e. The lowest BCUT2D eigenvalue weighted by atomic mass is 10.1. The molecule has 0 spiro atoms. The third-order valence-electron chi connectivity index (χ3n) is 2.47. The van der Waals surface area contributed by atoms with Crippen molar-refractivity contribution >= 4 is 0 Å². The molecule has 0 fully saturated rings. The van der Waals surface area contributed by atoms with Crippen LogP contribution in [0.15, 0.2) is 41.2 Å². The predicted octanol–water partition coefficient (Wildman–Crippen LogP) is 0.774. The average molecular weight is 241 g/mol. The number of hydrogen-bond donors (Lipinski definition) is 1. The van der Waals surface area contributed by atoms with Gasteiger partial charge in [0.15, 0.2) is 0 Å². The minimum absolute atomic E-state index is 0.144. The highest BCUT2D eigenvalue weighted by atomic mass is 16.3. The van der Waals surface area contributed by atoms with E-state index in [1.807, 2.05) is 6.07 Å². The molecular formula is C13H11N3O2. The molecule has 0 bridgehead atoms. The van der Waals surface area contributed by atoms with Crippen LogP contribution in [-0.4, -0.2) is 21.5 Å². The van der Waals surface area contributed by atoms with Crippen LogP contribution >= 0.6 is 0 Å². The van der Waals surface area contributed by atoms with Crippen molar-refractivity contribution < 1.29 is 5.11 Å². The summed E-state index contributed by atoms with van der Waals surface area (Å²) in [7, 11) is 0. The summed E-state index contributed by atoms with van der Waals surface area (Å²) in [6, 6.07) is 12.0. The molecule has 2 aromatic rings. The van der Waals surface area contributed by atoms with Crippen LogP contribution in [0.1, 0.15) is 5.56 Å². The van der Waals surface area contributed by atoms with Gasteiger partial charge in [0.2, 0.25) is 0 Å². The third kappa shape index (κ3) is 2.44. The summed E-state index contributed by atoms with van der Waals surface area (Å²) in [6.07, 6.45) is 0. The van der Waals surface area contributed by atoms with Crippen LogP contribution < -0.4 is 5.56 Å². The molecule has 0 atom stereocenters. The fraction of sp³-hybridized carbons (Fsp3) is 0.154. The number of hydrogen-bond acceptors (Lipinski definition) is 4. The summed E-state index contributed by atoms with van der Waals surface area (Å²) >= 11 is 0. The largest absolute Gasteiger partial charge is 0.394 e. The Kier molecular flexibility index (Phi) is 3.51. The molecule has 18 heavy (non-hydrogen) atoms. The summed E-state index contributed by atoms with van der Waals surface area (Å²) in [5.74, 6) is 0. The second-order valence-electron chi connectivity index (χ2n) is 3.70. The molecule has 0 radical (unpaired) electrons. The van der Waals surface area contributed by atoms with E-state index in [1.165, 1.54) is 10.7 Å². The summed E-state index contributed by atoms with van der Waals surface area (Å²) in [4.78, 5) is 11.5. The number of nitriles is 1. The highest BCUT2D eigenvalue weighted by molar-refractivity contribution is 5.60. The van der Waals surface area contributed by atoms with E-state index in [2.05, 4.69) is 11.2 Å². The number of aromatic nitrogens is 2. The van der Waals surface area contributed by atoms with Crippen molar-refractivity contribution in [2.75, 3.05) is 6.61 Å². The third-order valence-corrected chi connectivity index (χ3v) is 2.47. The Hall–Kier alpha value is -2.45. The summed E-state index contributed by atoms with van der Waals surface area (Å²) < 4.78 is 1.20. The second-order valence-corrected chi connectivity index (χ2v) is 3.70. The molecule has 90 valence electrons. The fourth-order valence-corrected chi connectivity index (χ4v) is 1.61. The first-order chi connectivity index (χ1) is 8.74. The van der Waals surface area contributed by atoms with Crippen LogP contribution in [0.5, 0.6) is 0 Å². The molecule has 1 aromatic heterocycles. The van der Waals surface area contributed by atoms with Gasteiger partial charge in [-0.1, -0.05) is 12.1 Å². The van der Waals surface area contributed by atoms with Crippen LogP contribution in [0.3, 0.4) is 0 Å². The Balaban J connectivity index is 2.47. The van der Waals surface area contributed by atoms with E-state index in [1.54, 1.807) is 24.3 Å². The first-order valence-corrected chi connectivity index (χ1v) is 5.44. The van der Waals surface area contributed by atoms with E-state index < -0.39 is 0 Å². The molecular weight excluding hydrogens is 230 g/mol. The molecule has 0 unspecified atom stereocenters. The van der Waals surface area contributed by atoms with E-state index in [4.69, 9.17) is 10.4 Å². The maximum Gasteiger partial charge on any atom is 0.266 e. The molecule has 0 aliphatic heterocycles. The molecule has 1 heterocycles. The monoisotopic (exact) mass is 241 g/mol. The van der Waals surface area contributed by atoms with E-state index in [9.17, 15) is 4.79 Å². The van der Waals surface area contributed by atoms with Crippen molar-refractivity contribution in [2.24, 2.45) is 0 Å². The average Bonchev–Trinajstić information content (AvgIpc) is 2.41. The number of rotatable bonds is 3. The van der Waals surface area contributed by atoms with Crippen LogP contribution in [-0.2, 0) is 6.54 Å². The molecule has 1 N–H and O–H groups in total. The Bertz CT molecular complexity index is 656. The molecule has 1 aromatic carbocycles. The van der Waals surface area contributed by atoms with Crippen molar-refractivity contribution in [1.29, 1.82) is 5.26 Å². The first kappa shape index (κ1) is 12.0. The maximum atomic E-state index is 11.5. The Labute approximate surface area is 104 Å². The first-order valence-electron chi connectivity index (χ1n) is 5.44. The molecule has 0 amide bonds. The van der Waals surface area contributed by atoms with Gasteiger partial charge in [-0.15, -0.1) is 0 Å². The summed E-state index contributed by atoms with van der Waals surface area (Å²) in [5, 5.41) is 21.8. The highest BCUT2D eigenvalue weighted by Crippen LogP contribution is 2.16. The van der Waals surface area contributed by atoms with Gasteiger partial charge in [0, 0.05) is 11.6 Å². The normalized spacial score (nSPS) is 10.0. The number of nitrogens with zero attached hydrogens (tertiary/aromatic N) is 3. The van der Waals surface area contributed by atoms with Crippen molar-refractivity contribution in [2.45, 2.75) is 6.54 Å². The SMILES string of the molecule is N#Cc1cccc(-c2ccc(=O)n(CCO)n2)c1. The number of aliphatic hydroxyl groups excluding tert-OH is 1. The van der Waals surface area contributed by atoms with Gasteiger partial charge in [0.25, 0.3) is 5.56 Å². The van der Waals surface area contributed by atoms with Crippen molar-refractivity contribution in [1.82, 2.24) is 9.78 Å². The molecule has 0 saturated heterocycles. The van der Waals surface area contributed by atoms with Gasteiger partial charge in [0.05, 0.1) is 30.5 Å². The molecule has 2 rings (SSSR count). The van der Waals surface area contributed by atoms with E-state index in [0.717, 1.165) is 5.56 Å². The van der Waals surface area contributed by atoms with E-state index in [0.29, 0.717) is 11.3 Å². The van der Waals surface area contributed by atoms with Crippen LogP contribution in [0, 0.1) is 11.3 Å². The Morgan fingerprint density at radius 2 is 2.17 bits per heavy atom. The maximum absolute atomic E-state index is 11.5. The zero-order chi connectivity index (χ0) is 13.0. The predicted molar refractivity (Wildman–Crippen MR) is 65.7 cm³/mol. The quantitative estimate of drug-likeness (QED) is 0.861. The zero-order valence-electron chi connectivity index (χ0n) is 9.58. The van der Waals surface area contributed by atoms with Crippen molar-refractivity contribution in [3.8, 4) is 17.3 Å². The highest BCUT2D eigenvalue weighted by Gasteiger charge is 2.03. The van der Waals surface area contributed by atoms with Crippen LogP contribution in [0.25, 0.3) is 11.3 Å². The second kappa shape index (κ2) is 5.25. The fourth-order valence-electron chi connectivity index (χ4n) is 1.61. The van der Waals surface area contributed by atoms with Gasteiger partial charge in [-0.05, 0) is 18.2 Å². The van der Waals surface area contributed by atoms with E-state index >= 15 is 0 Å². The lowest BCUT2D eigenvalue weighted by Gasteiger charge is -2.05. The summed E-state index contributed by atoms with van der Waals surface area (Å²) in [5.41, 5.74) is 1.64. The van der Waals surface area contributed by atoms with Gasteiger partial charge < -0.3 is 5.11 Å². The molecule has 0 aliphatic rings. The molecule has 5 nitrogen and oxygen atoms in total. The smallest absolute Gasteiger partial charge is 0.266 e. The van der Waals surface area contributed by atoms with Gasteiger partial charge in [-0.3, -0.25) is 4.79 Å². The Morgan fingerprint density at radius 3 is 2.89 bits per heavy atom. The van der Waals surface area contributed by atoms with Gasteiger partial charge in [-0.2, -0.15) is 10.4 Å². The molecule has 0 aliphatic carbocycles. The standard InChI is InChI=1S/C13H11N3O2/c14-9-10-2-1-3-11(8-10)12-4-5-13(18)16(15-12)6-7-17/h1-5,8,17H,6-7H2. The molecule has 5 heteroatoms. The Morgan fingerprint density at radius 1 is 1.33 bits per heavy atom. The van der Waals surface area contributed by atoms with Gasteiger partial charge in [-0.25, -0.2) is 4.68 Å². The molecule has 0 saturated carbocycles. The van der Waals surface area contributed by atoms with E-state index in [-0.39, 0.29) is 18.7 Å². The lowest BCUT2D eigenvalue weighted by molar-refractivity contribution is 0.266. The van der Waals surface area contributed by atoms with Gasteiger partial charge in [0.1, 0.15) is 0 Å². The zero-order valence-corrected chi connectivity index (χ0v) is 9.58.